The van der Waals surface area contributed by atoms with E-state index in [9.17, 15) is 0 Å². The molecule has 1 fully saturated rings. The van der Waals surface area contributed by atoms with Gasteiger partial charge in [0, 0.05) is 12.0 Å². The summed E-state index contributed by atoms with van der Waals surface area (Å²) in [6.45, 7) is 0.732. The predicted molar refractivity (Wildman–Crippen MR) is 63.2 cm³/mol. The molecule has 1 heterocycles. The van der Waals surface area contributed by atoms with Gasteiger partial charge in [-0.05, 0) is 30.5 Å². The molecule has 1 aromatic heterocycles. The van der Waals surface area contributed by atoms with E-state index in [-0.39, 0.29) is 5.41 Å². The van der Waals surface area contributed by atoms with Gasteiger partial charge in [0.2, 0.25) is 0 Å². The molecule has 0 aliphatic heterocycles. The fourth-order valence-electron chi connectivity index (χ4n) is 2.85. The topological polar surface area (TPSA) is 52.0 Å². The molecule has 1 aromatic carbocycles. The molecule has 1 saturated carbocycles. The number of benzene rings is 1. The Hall–Kier alpha value is -1.35. The van der Waals surface area contributed by atoms with E-state index in [2.05, 4.69) is 17.1 Å². The zero-order valence-electron chi connectivity index (χ0n) is 9.28. The van der Waals surface area contributed by atoms with Gasteiger partial charge in [0.05, 0.1) is 0 Å². The van der Waals surface area contributed by atoms with Crippen LogP contribution in [0.25, 0.3) is 11.1 Å². The van der Waals surface area contributed by atoms with Crippen LogP contribution in [0.4, 0.5) is 0 Å². The summed E-state index contributed by atoms with van der Waals surface area (Å²) in [5, 5.41) is 0. The molecular weight excluding hydrogens is 200 g/mol. The van der Waals surface area contributed by atoms with Gasteiger partial charge in [-0.1, -0.05) is 18.9 Å². The van der Waals surface area contributed by atoms with Crippen molar-refractivity contribution in [2.45, 2.75) is 31.1 Å². The summed E-state index contributed by atoms with van der Waals surface area (Å²) in [5.41, 5.74) is 9.29. The molecule has 84 valence electrons. The van der Waals surface area contributed by atoms with Crippen molar-refractivity contribution in [1.82, 2.24) is 4.98 Å². The monoisotopic (exact) mass is 216 g/mol. The molecular formula is C13H16N2O. The van der Waals surface area contributed by atoms with E-state index in [1.54, 1.807) is 0 Å². The highest BCUT2D eigenvalue weighted by Gasteiger charge is 2.34. The molecule has 0 radical (unpaired) electrons. The maximum absolute atomic E-state index is 5.98. The molecule has 3 nitrogen and oxygen atoms in total. The summed E-state index contributed by atoms with van der Waals surface area (Å²) in [7, 11) is 0. The summed E-state index contributed by atoms with van der Waals surface area (Å²) < 4.78 is 5.26. The Morgan fingerprint density at radius 2 is 2.12 bits per heavy atom. The Balaban J connectivity index is 2.09. The summed E-state index contributed by atoms with van der Waals surface area (Å²) in [5.74, 6) is 0. The molecule has 0 saturated heterocycles. The Kier molecular flexibility index (Phi) is 2.21. The molecule has 2 aromatic rings. The number of fused-ring (bicyclic) bond motifs is 1. The number of oxazole rings is 1. The third-order valence-corrected chi connectivity index (χ3v) is 3.89. The number of hydrogen-bond acceptors (Lipinski definition) is 3. The molecule has 0 bridgehead atoms. The molecule has 0 atom stereocenters. The first-order valence-electron chi connectivity index (χ1n) is 5.88. The van der Waals surface area contributed by atoms with Gasteiger partial charge < -0.3 is 10.2 Å². The Morgan fingerprint density at radius 3 is 2.88 bits per heavy atom. The second-order valence-electron chi connectivity index (χ2n) is 4.73. The maximum atomic E-state index is 5.98. The van der Waals surface area contributed by atoms with Gasteiger partial charge in [0.1, 0.15) is 5.52 Å². The fraction of sp³-hybridized carbons (Fsp3) is 0.462. The van der Waals surface area contributed by atoms with E-state index in [0.717, 1.165) is 17.6 Å². The van der Waals surface area contributed by atoms with Crippen LogP contribution in [0.3, 0.4) is 0 Å². The standard InChI is InChI=1S/C13H16N2O/c14-8-13(5-1-2-6-13)10-3-4-12-11(7-10)15-9-16-12/h3-4,7,9H,1-2,5-6,8,14H2. The van der Waals surface area contributed by atoms with E-state index >= 15 is 0 Å². The maximum Gasteiger partial charge on any atom is 0.181 e. The zero-order chi connectivity index (χ0) is 11.0. The van der Waals surface area contributed by atoms with Crippen LogP contribution in [-0.4, -0.2) is 11.5 Å². The Bertz CT molecular complexity index is 497. The third-order valence-electron chi connectivity index (χ3n) is 3.89. The van der Waals surface area contributed by atoms with Crippen molar-refractivity contribution < 1.29 is 4.42 Å². The van der Waals surface area contributed by atoms with Crippen molar-refractivity contribution in [2.75, 3.05) is 6.54 Å². The number of aromatic nitrogens is 1. The first-order valence-corrected chi connectivity index (χ1v) is 5.88. The van der Waals surface area contributed by atoms with Crippen molar-refractivity contribution in [1.29, 1.82) is 0 Å². The summed E-state index contributed by atoms with van der Waals surface area (Å²) >= 11 is 0. The average molecular weight is 216 g/mol. The fourth-order valence-corrected chi connectivity index (χ4v) is 2.85. The molecule has 0 amide bonds. The molecule has 1 aliphatic rings. The minimum absolute atomic E-state index is 0.188. The zero-order valence-corrected chi connectivity index (χ0v) is 9.28. The van der Waals surface area contributed by atoms with Crippen molar-refractivity contribution in [3.05, 3.63) is 30.2 Å². The Morgan fingerprint density at radius 1 is 1.31 bits per heavy atom. The van der Waals surface area contributed by atoms with E-state index in [1.807, 2.05) is 6.07 Å². The lowest BCUT2D eigenvalue weighted by Gasteiger charge is -2.27. The van der Waals surface area contributed by atoms with Crippen LogP contribution < -0.4 is 5.73 Å². The minimum Gasteiger partial charge on any atom is -0.443 e. The van der Waals surface area contributed by atoms with Crippen LogP contribution in [0.5, 0.6) is 0 Å². The van der Waals surface area contributed by atoms with Gasteiger partial charge in [-0.15, -0.1) is 0 Å². The highest BCUT2D eigenvalue weighted by molar-refractivity contribution is 5.73. The van der Waals surface area contributed by atoms with Crippen LogP contribution >= 0.6 is 0 Å². The number of rotatable bonds is 2. The second kappa shape index (κ2) is 3.59. The molecule has 1 aliphatic carbocycles. The molecule has 0 unspecified atom stereocenters. The second-order valence-corrected chi connectivity index (χ2v) is 4.73. The van der Waals surface area contributed by atoms with Gasteiger partial charge in [0.15, 0.2) is 12.0 Å². The van der Waals surface area contributed by atoms with Crippen LogP contribution in [0.1, 0.15) is 31.2 Å². The highest BCUT2D eigenvalue weighted by atomic mass is 16.3. The number of nitrogens with two attached hydrogens (primary N) is 1. The first-order chi connectivity index (χ1) is 7.84. The quantitative estimate of drug-likeness (QED) is 0.839. The molecule has 3 rings (SSSR count). The average Bonchev–Trinajstić information content (AvgIpc) is 2.97. The lowest BCUT2D eigenvalue weighted by molar-refractivity contribution is 0.453. The van der Waals surface area contributed by atoms with Gasteiger partial charge >= 0.3 is 0 Å². The van der Waals surface area contributed by atoms with Crippen molar-refractivity contribution in [3.8, 4) is 0 Å². The van der Waals surface area contributed by atoms with E-state index < -0.39 is 0 Å². The normalized spacial score (nSPS) is 19.3. The number of nitrogens with zero attached hydrogens (tertiary/aromatic N) is 1. The number of hydrogen-bond donors (Lipinski definition) is 1. The van der Waals surface area contributed by atoms with E-state index in [1.165, 1.54) is 37.6 Å². The SMILES string of the molecule is NCC1(c2ccc3ocnc3c2)CCCC1. The van der Waals surface area contributed by atoms with Crippen molar-refractivity contribution in [3.63, 3.8) is 0 Å². The van der Waals surface area contributed by atoms with Crippen molar-refractivity contribution in [2.24, 2.45) is 5.73 Å². The lowest BCUT2D eigenvalue weighted by Crippen LogP contribution is -2.31. The molecule has 0 spiro atoms. The third kappa shape index (κ3) is 1.35. The smallest absolute Gasteiger partial charge is 0.181 e. The van der Waals surface area contributed by atoms with Gasteiger partial charge in [-0.3, -0.25) is 0 Å². The van der Waals surface area contributed by atoms with E-state index in [4.69, 9.17) is 10.2 Å². The Labute approximate surface area is 94.7 Å². The molecule has 16 heavy (non-hydrogen) atoms. The predicted octanol–water partition coefficient (Wildman–Crippen LogP) is 2.60. The van der Waals surface area contributed by atoms with Crippen molar-refractivity contribution >= 4 is 11.1 Å². The van der Waals surface area contributed by atoms with Crippen LogP contribution in [0, 0.1) is 0 Å². The largest absolute Gasteiger partial charge is 0.443 e. The minimum atomic E-state index is 0.188. The first kappa shape index (κ1) is 9.85. The van der Waals surface area contributed by atoms with Gasteiger partial charge in [-0.2, -0.15) is 0 Å². The highest BCUT2D eigenvalue weighted by Crippen LogP contribution is 2.40. The summed E-state index contributed by atoms with van der Waals surface area (Å²) in [6.07, 6.45) is 6.47. The van der Waals surface area contributed by atoms with Crippen LogP contribution in [0.15, 0.2) is 29.0 Å². The molecule has 2 N–H and O–H groups in total. The van der Waals surface area contributed by atoms with Crippen LogP contribution in [-0.2, 0) is 5.41 Å². The lowest BCUT2D eigenvalue weighted by atomic mass is 9.79. The van der Waals surface area contributed by atoms with Gasteiger partial charge in [-0.25, -0.2) is 4.98 Å². The van der Waals surface area contributed by atoms with Gasteiger partial charge in [0.25, 0.3) is 0 Å². The van der Waals surface area contributed by atoms with E-state index in [0.29, 0.717) is 0 Å². The summed E-state index contributed by atoms with van der Waals surface area (Å²) in [6, 6.07) is 6.29. The van der Waals surface area contributed by atoms with Crippen LogP contribution in [0.2, 0.25) is 0 Å². The summed E-state index contributed by atoms with van der Waals surface area (Å²) in [4.78, 5) is 4.21. The molecule has 3 heteroatoms.